The number of urea groups is 1. The molecule has 38 heavy (non-hydrogen) atoms. The van der Waals surface area contributed by atoms with E-state index in [0.717, 1.165) is 10.5 Å². The number of rotatable bonds is 6. The average molecular weight is 640 g/mol. The van der Waals surface area contributed by atoms with Crippen LogP contribution in [0.25, 0.3) is 6.08 Å². The second kappa shape index (κ2) is 10.8. The van der Waals surface area contributed by atoms with Gasteiger partial charge in [-0.25, -0.2) is 9.69 Å². The van der Waals surface area contributed by atoms with Crippen LogP contribution in [0.4, 0.5) is 10.5 Å². The predicted molar refractivity (Wildman–Crippen MR) is 145 cm³/mol. The van der Waals surface area contributed by atoms with Gasteiger partial charge in [0.2, 0.25) is 0 Å². The van der Waals surface area contributed by atoms with Crippen LogP contribution < -0.4 is 19.1 Å². The number of amides is 4. The summed E-state index contributed by atoms with van der Waals surface area (Å²) in [7, 11) is -2.90. The molecule has 9 nitrogen and oxygen atoms in total. The normalized spacial score (nSPS) is 15.0. The van der Waals surface area contributed by atoms with Gasteiger partial charge in [0.25, 0.3) is 11.8 Å². The third-order valence-electron chi connectivity index (χ3n) is 5.33. The van der Waals surface area contributed by atoms with Gasteiger partial charge in [-0.15, -0.1) is 0 Å². The number of aryl methyl sites for hydroxylation is 1. The highest BCUT2D eigenvalue weighted by Crippen LogP contribution is 2.39. The molecule has 1 N–H and O–H groups in total. The number of anilines is 1. The number of benzene rings is 3. The van der Waals surface area contributed by atoms with Crippen molar-refractivity contribution in [1.82, 2.24) is 5.32 Å². The summed E-state index contributed by atoms with van der Waals surface area (Å²) in [5.41, 5.74) is 0.881. The van der Waals surface area contributed by atoms with Crippen molar-refractivity contribution in [2.75, 3.05) is 12.0 Å². The first kappa shape index (κ1) is 27.6. The zero-order valence-electron chi connectivity index (χ0n) is 19.6. The summed E-state index contributed by atoms with van der Waals surface area (Å²) in [5, 5.41) is 2.43. The van der Waals surface area contributed by atoms with Gasteiger partial charge in [0, 0.05) is 0 Å². The molecule has 0 unspecified atom stereocenters. The van der Waals surface area contributed by atoms with Crippen LogP contribution in [0.1, 0.15) is 11.1 Å². The smallest absolute Gasteiger partial charge is 0.339 e. The van der Waals surface area contributed by atoms with Crippen molar-refractivity contribution in [1.29, 1.82) is 0 Å². The number of hydrogen-bond acceptors (Lipinski definition) is 7. The van der Waals surface area contributed by atoms with Crippen LogP contribution in [0.5, 0.6) is 11.5 Å². The van der Waals surface area contributed by atoms with Crippen molar-refractivity contribution in [3.05, 3.63) is 85.8 Å². The monoisotopic (exact) mass is 638 g/mol. The Labute approximate surface area is 236 Å². The van der Waals surface area contributed by atoms with Gasteiger partial charge >= 0.3 is 16.1 Å². The fourth-order valence-corrected chi connectivity index (χ4v) is 5.35. The van der Waals surface area contributed by atoms with Crippen molar-refractivity contribution in [2.45, 2.75) is 11.8 Å². The Balaban J connectivity index is 1.70. The van der Waals surface area contributed by atoms with Crippen LogP contribution in [0.3, 0.4) is 0 Å². The molecule has 0 saturated carbocycles. The van der Waals surface area contributed by atoms with Gasteiger partial charge in [0.05, 0.1) is 27.3 Å². The molecular weight excluding hydrogens is 623 g/mol. The summed E-state index contributed by atoms with van der Waals surface area (Å²) < 4.78 is 36.4. The quantitative estimate of drug-likeness (QED) is 0.215. The minimum atomic E-state index is -4.20. The van der Waals surface area contributed by atoms with E-state index in [9.17, 15) is 22.8 Å². The molecule has 1 aliphatic heterocycles. The van der Waals surface area contributed by atoms with Gasteiger partial charge in [-0.05, 0) is 77.0 Å². The number of imide groups is 2. The molecule has 4 rings (SSSR count). The molecule has 196 valence electrons. The molecule has 0 atom stereocenters. The second-order valence-corrected chi connectivity index (χ2v) is 11.2. The zero-order chi connectivity index (χ0) is 27.8. The lowest BCUT2D eigenvalue weighted by Crippen LogP contribution is -2.54. The van der Waals surface area contributed by atoms with Crippen molar-refractivity contribution in [2.24, 2.45) is 0 Å². The van der Waals surface area contributed by atoms with Crippen LogP contribution in [-0.4, -0.2) is 33.4 Å². The van der Waals surface area contributed by atoms with Crippen molar-refractivity contribution in [3.63, 3.8) is 0 Å². The lowest BCUT2D eigenvalue weighted by molar-refractivity contribution is -0.122. The standard InChI is InChI=1S/C25H17BrCl2N2O7S/c1-13-3-6-16(7-4-13)38(34,35)37-22-18(26)10-14(11-21(22)36-2)9-17-23(31)29-25(33)30(24(17)32)15-5-8-19(27)20(28)12-15/h3-12H,1-2H3,(H,29,31,33)/b17-9+. The zero-order valence-corrected chi connectivity index (χ0v) is 23.5. The van der Waals surface area contributed by atoms with E-state index in [-0.39, 0.29) is 47.7 Å². The van der Waals surface area contributed by atoms with Gasteiger partial charge in [-0.3, -0.25) is 14.9 Å². The van der Waals surface area contributed by atoms with Gasteiger partial charge < -0.3 is 8.92 Å². The topological polar surface area (TPSA) is 119 Å². The lowest BCUT2D eigenvalue weighted by atomic mass is 10.1. The van der Waals surface area contributed by atoms with Crippen molar-refractivity contribution >= 4 is 78.9 Å². The molecule has 0 aromatic heterocycles. The van der Waals surface area contributed by atoms with Gasteiger partial charge in [-0.2, -0.15) is 8.42 Å². The maximum Gasteiger partial charge on any atom is 0.339 e. The molecule has 0 bridgehead atoms. The van der Waals surface area contributed by atoms with Crippen LogP contribution in [0, 0.1) is 6.92 Å². The Morgan fingerprint density at radius 1 is 0.974 bits per heavy atom. The summed E-state index contributed by atoms with van der Waals surface area (Å²) in [6, 6.07) is 12.1. The van der Waals surface area contributed by atoms with E-state index in [1.165, 1.54) is 55.7 Å². The minimum Gasteiger partial charge on any atom is -0.493 e. The first-order valence-electron chi connectivity index (χ1n) is 10.7. The molecular formula is C25H17BrCl2N2O7S. The Morgan fingerprint density at radius 3 is 2.29 bits per heavy atom. The molecule has 3 aromatic carbocycles. The van der Waals surface area contributed by atoms with Crippen LogP contribution in [0.15, 0.2) is 69.5 Å². The van der Waals surface area contributed by atoms with E-state index in [1.54, 1.807) is 12.1 Å². The van der Waals surface area contributed by atoms with Crippen molar-refractivity contribution in [3.8, 4) is 11.5 Å². The number of nitrogens with zero attached hydrogens (tertiary/aromatic N) is 1. The SMILES string of the molecule is COc1cc(/C=C2\C(=O)NC(=O)N(c3ccc(Cl)c(Cl)c3)C2=O)cc(Br)c1OS(=O)(=O)c1ccc(C)cc1. The Hall–Kier alpha value is -3.38. The predicted octanol–water partition coefficient (Wildman–Crippen LogP) is 5.51. The van der Waals surface area contributed by atoms with E-state index in [2.05, 4.69) is 21.2 Å². The van der Waals surface area contributed by atoms with Crippen molar-refractivity contribution < 1.29 is 31.7 Å². The summed E-state index contributed by atoms with van der Waals surface area (Å²) in [6.07, 6.45) is 1.22. The second-order valence-electron chi connectivity index (χ2n) is 7.94. The third kappa shape index (κ3) is 5.56. The molecule has 1 saturated heterocycles. The number of halogens is 3. The van der Waals surface area contributed by atoms with E-state index in [4.69, 9.17) is 32.1 Å². The Bertz CT molecular complexity index is 1620. The summed E-state index contributed by atoms with van der Waals surface area (Å²) in [5.74, 6) is -1.96. The minimum absolute atomic E-state index is 0.00277. The van der Waals surface area contributed by atoms with Crippen LogP contribution in [-0.2, 0) is 19.7 Å². The first-order valence-corrected chi connectivity index (χ1v) is 13.6. The summed E-state index contributed by atoms with van der Waals surface area (Å²) in [6.45, 7) is 1.82. The molecule has 0 aliphatic carbocycles. The Morgan fingerprint density at radius 2 is 1.66 bits per heavy atom. The first-order chi connectivity index (χ1) is 17.9. The van der Waals surface area contributed by atoms with E-state index < -0.39 is 28.0 Å². The highest BCUT2D eigenvalue weighted by Gasteiger charge is 2.37. The van der Waals surface area contributed by atoms with E-state index >= 15 is 0 Å². The molecule has 4 amide bonds. The highest BCUT2D eigenvalue weighted by molar-refractivity contribution is 9.10. The lowest BCUT2D eigenvalue weighted by Gasteiger charge is -2.26. The van der Waals surface area contributed by atoms with Crippen LogP contribution in [0.2, 0.25) is 10.0 Å². The number of carbonyl (C=O) groups is 3. The summed E-state index contributed by atoms with van der Waals surface area (Å²) in [4.78, 5) is 38.9. The fraction of sp³-hybridized carbons (Fsp3) is 0.0800. The largest absolute Gasteiger partial charge is 0.493 e. The fourth-order valence-electron chi connectivity index (χ4n) is 3.45. The molecule has 0 radical (unpaired) electrons. The maximum absolute atomic E-state index is 13.2. The van der Waals surface area contributed by atoms with Crippen LogP contribution >= 0.6 is 39.1 Å². The number of methoxy groups -OCH3 is 1. The highest BCUT2D eigenvalue weighted by atomic mass is 79.9. The average Bonchev–Trinajstić information content (AvgIpc) is 2.85. The number of barbiturate groups is 1. The molecule has 3 aromatic rings. The molecule has 1 aliphatic rings. The number of hydrogen-bond donors (Lipinski definition) is 1. The molecule has 1 heterocycles. The third-order valence-corrected chi connectivity index (χ3v) is 7.89. The molecule has 1 fully saturated rings. The number of carbonyl (C=O) groups excluding carboxylic acids is 3. The van der Waals surface area contributed by atoms with Gasteiger partial charge in [0.15, 0.2) is 11.5 Å². The van der Waals surface area contributed by atoms with Gasteiger partial charge in [0.1, 0.15) is 10.5 Å². The van der Waals surface area contributed by atoms with Gasteiger partial charge in [-0.1, -0.05) is 40.9 Å². The van der Waals surface area contributed by atoms with E-state index in [1.807, 2.05) is 6.92 Å². The van der Waals surface area contributed by atoms with E-state index in [0.29, 0.717) is 0 Å². The molecule has 13 heteroatoms. The molecule has 0 spiro atoms. The summed E-state index contributed by atoms with van der Waals surface area (Å²) >= 11 is 15.2. The maximum atomic E-state index is 13.2. The number of nitrogens with one attached hydrogen (secondary N) is 1. The number of ether oxygens (including phenoxy) is 1. The Kier molecular flexibility index (Phi) is 7.84.